The maximum atomic E-state index is 9.87. The van der Waals surface area contributed by atoms with Crippen LogP contribution in [-0.2, 0) is 0 Å². The lowest BCUT2D eigenvalue weighted by molar-refractivity contribution is 0.00852. The van der Waals surface area contributed by atoms with E-state index in [-0.39, 0.29) is 6.10 Å². The zero-order valence-corrected chi connectivity index (χ0v) is 12.8. The van der Waals surface area contributed by atoms with Gasteiger partial charge in [0.25, 0.3) is 0 Å². The lowest BCUT2D eigenvalue weighted by atomic mass is 9.73. The molecule has 2 rings (SSSR count). The third-order valence-electron chi connectivity index (χ3n) is 5.17. The van der Waals surface area contributed by atoms with E-state index in [9.17, 15) is 5.11 Å². The average Bonchev–Trinajstić information content (AvgIpc) is 2.42. The van der Waals surface area contributed by atoms with Gasteiger partial charge in [-0.2, -0.15) is 0 Å². The van der Waals surface area contributed by atoms with Crippen molar-refractivity contribution in [3.63, 3.8) is 0 Å². The summed E-state index contributed by atoms with van der Waals surface area (Å²) in [5.74, 6) is 0.438. The second kappa shape index (κ2) is 7.05. The molecule has 19 heavy (non-hydrogen) atoms. The maximum Gasteiger partial charge on any atom is 0.0590 e. The minimum Gasteiger partial charge on any atom is -0.393 e. The second-order valence-electron chi connectivity index (χ2n) is 6.91. The van der Waals surface area contributed by atoms with E-state index in [1.165, 1.54) is 45.2 Å². The predicted octanol–water partition coefficient (Wildman–Crippen LogP) is 2.25. The summed E-state index contributed by atoms with van der Waals surface area (Å²) in [6.45, 7) is 10.0. The first-order valence-electron chi connectivity index (χ1n) is 8.26. The van der Waals surface area contributed by atoms with Gasteiger partial charge in [0.15, 0.2) is 0 Å². The van der Waals surface area contributed by atoms with Crippen molar-refractivity contribution in [1.82, 2.24) is 10.2 Å². The van der Waals surface area contributed by atoms with E-state index in [4.69, 9.17) is 0 Å². The van der Waals surface area contributed by atoms with Crippen molar-refractivity contribution in [2.75, 3.05) is 32.7 Å². The molecule has 0 amide bonds. The Morgan fingerprint density at radius 1 is 1.26 bits per heavy atom. The van der Waals surface area contributed by atoms with E-state index in [2.05, 4.69) is 24.1 Å². The van der Waals surface area contributed by atoms with E-state index < -0.39 is 0 Å². The van der Waals surface area contributed by atoms with Crippen molar-refractivity contribution in [1.29, 1.82) is 0 Å². The van der Waals surface area contributed by atoms with Gasteiger partial charge < -0.3 is 15.3 Å². The van der Waals surface area contributed by atoms with Crippen molar-refractivity contribution in [3.05, 3.63) is 0 Å². The number of likely N-dealkylation sites (tertiary alicyclic amines) is 1. The van der Waals surface area contributed by atoms with E-state index in [0.717, 1.165) is 26.1 Å². The minimum atomic E-state index is -0.0766. The van der Waals surface area contributed by atoms with Gasteiger partial charge in [-0.15, -0.1) is 0 Å². The molecule has 2 fully saturated rings. The van der Waals surface area contributed by atoms with Gasteiger partial charge in [0.2, 0.25) is 0 Å². The number of nitrogens with zero attached hydrogens (tertiary/aromatic N) is 1. The highest BCUT2D eigenvalue weighted by atomic mass is 16.3. The van der Waals surface area contributed by atoms with Gasteiger partial charge in [-0.3, -0.25) is 0 Å². The van der Waals surface area contributed by atoms with Crippen LogP contribution < -0.4 is 5.32 Å². The van der Waals surface area contributed by atoms with Gasteiger partial charge in [0.1, 0.15) is 0 Å². The predicted molar refractivity (Wildman–Crippen MR) is 80.3 cm³/mol. The average molecular weight is 268 g/mol. The molecule has 1 heterocycles. The molecule has 2 aliphatic rings. The molecule has 2 atom stereocenters. The zero-order valence-electron chi connectivity index (χ0n) is 12.8. The molecule has 1 aliphatic heterocycles. The summed E-state index contributed by atoms with van der Waals surface area (Å²) in [6, 6.07) is 0. The molecule has 3 nitrogen and oxygen atoms in total. The quantitative estimate of drug-likeness (QED) is 0.803. The molecule has 0 spiro atoms. The molecule has 1 saturated carbocycles. The van der Waals surface area contributed by atoms with Gasteiger partial charge in [-0.05, 0) is 37.1 Å². The third kappa shape index (κ3) is 4.17. The van der Waals surface area contributed by atoms with E-state index in [1.807, 2.05) is 0 Å². The monoisotopic (exact) mass is 268 g/mol. The number of piperidine rings is 1. The fraction of sp³-hybridized carbons (Fsp3) is 1.00. The van der Waals surface area contributed by atoms with Crippen LogP contribution in [-0.4, -0.2) is 48.8 Å². The molecule has 2 unspecified atom stereocenters. The van der Waals surface area contributed by atoms with Crippen molar-refractivity contribution in [3.8, 4) is 0 Å². The first-order valence-corrected chi connectivity index (χ1v) is 8.26. The molecule has 0 bridgehead atoms. The normalized spacial score (nSPS) is 32.4. The number of aliphatic hydroxyl groups excluding tert-OH is 1. The van der Waals surface area contributed by atoms with Crippen LogP contribution in [0.3, 0.4) is 0 Å². The third-order valence-corrected chi connectivity index (χ3v) is 5.17. The van der Waals surface area contributed by atoms with E-state index in [0.29, 0.717) is 11.3 Å². The highest BCUT2D eigenvalue weighted by Gasteiger charge is 2.35. The number of nitrogens with one attached hydrogen (secondary N) is 1. The van der Waals surface area contributed by atoms with Crippen molar-refractivity contribution >= 4 is 0 Å². The van der Waals surface area contributed by atoms with Crippen LogP contribution in [0, 0.1) is 11.3 Å². The summed E-state index contributed by atoms with van der Waals surface area (Å²) in [5.41, 5.74) is 0.496. The van der Waals surface area contributed by atoms with Gasteiger partial charge in [-0.1, -0.05) is 33.1 Å². The van der Waals surface area contributed by atoms with Gasteiger partial charge in [0, 0.05) is 26.2 Å². The smallest absolute Gasteiger partial charge is 0.0590 e. The van der Waals surface area contributed by atoms with Crippen LogP contribution in [0.4, 0.5) is 0 Å². The molecule has 0 aromatic carbocycles. The number of hydrogen-bond donors (Lipinski definition) is 2. The largest absolute Gasteiger partial charge is 0.393 e. The SMILES string of the molecule is CCNCC1(CN2CCC(O)C(C)C2)CCCCC1. The molecule has 1 aliphatic carbocycles. The van der Waals surface area contributed by atoms with Crippen LogP contribution in [0.2, 0.25) is 0 Å². The van der Waals surface area contributed by atoms with Crippen molar-refractivity contribution < 1.29 is 5.11 Å². The van der Waals surface area contributed by atoms with E-state index >= 15 is 0 Å². The zero-order chi connectivity index (χ0) is 13.7. The first-order chi connectivity index (χ1) is 9.15. The second-order valence-corrected chi connectivity index (χ2v) is 6.91. The molecule has 0 radical (unpaired) electrons. The van der Waals surface area contributed by atoms with Crippen molar-refractivity contribution in [2.45, 2.75) is 58.5 Å². The Morgan fingerprint density at radius 3 is 2.63 bits per heavy atom. The van der Waals surface area contributed by atoms with Crippen molar-refractivity contribution in [2.24, 2.45) is 11.3 Å². The van der Waals surface area contributed by atoms with Crippen LogP contribution in [0.5, 0.6) is 0 Å². The number of hydrogen-bond acceptors (Lipinski definition) is 3. The molecule has 2 N–H and O–H groups in total. The summed E-state index contributed by atoms with van der Waals surface area (Å²) >= 11 is 0. The number of rotatable bonds is 5. The number of aliphatic hydroxyl groups is 1. The Labute approximate surface area is 118 Å². The molecule has 0 aromatic rings. The summed E-state index contributed by atoms with van der Waals surface area (Å²) < 4.78 is 0. The van der Waals surface area contributed by atoms with Crippen LogP contribution in [0.25, 0.3) is 0 Å². The van der Waals surface area contributed by atoms with Crippen LogP contribution in [0.15, 0.2) is 0 Å². The topological polar surface area (TPSA) is 35.5 Å². The Morgan fingerprint density at radius 2 is 2.00 bits per heavy atom. The maximum absolute atomic E-state index is 9.87. The Balaban J connectivity index is 1.91. The van der Waals surface area contributed by atoms with E-state index in [1.54, 1.807) is 0 Å². The Hall–Kier alpha value is -0.120. The lowest BCUT2D eigenvalue weighted by Gasteiger charge is -2.44. The molecule has 3 heteroatoms. The van der Waals surface area contributed by atoms with Gasteiger partial charge in [-0.25, -0.2) is 0 Å². The summed E-state index contributed by atoms with van der Waals surface area (Å²) in [5, 5.41) is 13.5. The highest BCUT2D eigenvalue weighted by Crippen LogP contribution is 2.37. The summed E-state index contributed by atoms with van der Waals surface area (Å²) in [4.78, 5) is 2.61. The fourth-order valence-electron chi connectivity index (χ4n) is 3.92. The Kier molecular flexibility index (Phi) is 5.67. The standard InChI is InChI=1S/C16H32N2O/c1-3-17-12-16(8-5-4-6-9-16)13-18-10-7-15(19)14(2)11-18/h14-15,17,19H,3-13H2,1-2H3. The molecular weight excluding hydrogens is 236 g/mol. The summed E-state index contributed by atoms with van der Waals surface area (Å²) in [7, 11) is 0. The first kappa shape index (κ1) is 15.3. The molecule has 0 aromatic heterocycles. The minimum absolute atomic E-state index is 0.0766. The highest BCUT2D eigenvalue weighted by molar-refractivity contribution is 4.90. The van der Waals surface area contributed by atoms with Crippen LogP contribution >= 0.6 is 0 Å². The Bertz CT molecular complexity index is 263. The molecule has 1 saturated heterocycles. The van der Waals surface area contributed by atoms with Gasteiger partial charge in [0.05, 0.1) is 6.10 Å². The van der Waals surface area contributed by atoms with Crippen LogP contribution in [0.1, 0.15) is 52.4 Å². The van der Waals surface area contributed by atoms with Gasteiger partial charge >= 0.3 is 0 Å². The lowest BCUT2D eigenvalue weighted by Crippen LogP contribution is -2.50. The summed E-state index contributed by atoms with van der Waals surface area (Å²) in [6.07, 6.45) is 7.87. The molecular formula is C16H32N2O. The fourth-order valence-corrected chi connectivity index (χ4v) is 3.92. The molecule has 112 valence electrons.